The fourth-order valence-corrected chi connectivity index (χ4v) is 1.41. The Labute approximate surface area is 116 Å². The Morgan fingerprint density at radius 2 is 0.588 bits per heavy atom. The average molecular weight is 322 g/mol. The number of hydrogen-bond donors (Lipinski definition) is 0. The van der Waals surface area contributed by atoms with Gasteiger partial charge < -0.3 is 22.1 Å². The van der Waals surface area contributed by atoms with Crippen molar-refractivity contribution in [1.82, 2.24) is 0 Å². The van der Waals surface area contributed by atoms with Crippen LogP contribution in [0, 0.1) is 29.6 Å². The van der Waals surface area contributed by atoms with Gasteiger partial charge >= 0.3 is 19.5 Å². The van der Waals surface area contributed by atoms with Gasteiger partial charge in [-0.2, -0.15) is 0 Å². The first-order valence-electron chi connectivity index (χ1n) is 4.55. The molecule has 1 fully saturated rings. The second kappa shape index (κ2) is 11.7. The Kier molecular flexibility index (Phi) is 14.8. The van der Waals surface area contributed by atoms with Crippen molar-refractivity contribution in [1.29, 1.82) is 0 Å². The molecular weight excluding hydrogens is 307 g/mol. The summed E-state index contributed by atoms with van der Waals surface area (Å²) in [6.45, 7) is 11.0. The number of rotatable bonds is 0. The summed E-state index contributed by atoms with van der Waals surface area (Å²) < 4.78 is 0. The van der Waals surface area contributed by atoms with Crippen LogP contribution in [0.15, 0.2) is 0 Å². The summed E-state index contributed by atoms with van der Waals surface area (Å²) in [6, 6.07) is 0. The summed E-state index contributed by atoms with van der Waals surface area (Å²) in [6.07, 6.45) is 0. The van der Waals surface area contributed by atoms with Crippen molar-refractivity contribution in [2.24, 2.45) is 0 Å². The van der Waals surface area contributed by atoms with Crippen molar-refractivity contribution in [2.75, 3.05) is 0 Å². The van der Waals surface area contributed by atoms with Gasteiger partial charge in [-0.15, -0.1) is 0 Å². The standard InChI is InChI=1S/C10H15.2N3.Rh/c1-6-7(2)9(4)10(5)8(6)3;2*1-3-2;/h1-5H3;;;/q;2*-1;+3. The van der Waals surface area contributed by atoms with Crippen LogP contribution in [0.3, 0.4) is 0 Å². The molecule has 0 atom stereocenters. The van der Waals surface area contributed by atoms with Crippen LogP contribution < -0.4 is 0 Å². The minimum Gasteiger partial charge on any atom is -0.373 e. The zero-order valence-electron chi connectivity index (χ0n) is 10.5. The van der Waals surface area contributed by atoms with Crippen LogP contribution in [0.4, 0.5) is 0 Å². The van der Waals surface area contributed by atoms with Crippen molar-refractivity contribution in [3.05, 3.63) is 61.5 Å². The topological polar surface area (TPSA) is 117 Å². The van der Waals surface area contributed by atoms with Crippen LogP contribution in [-0.2, 0) is 19.5 Å². The summed E-state index contributed by atoms with van der Waals surface area (Å²) in [4.78, 5) is 3.00. The summed E-state index contributed by atoms with van der Waals surface area (Å²) in [5.41, 5.74) is 27.0. The van der Waals surface area contributed by atoms with E-state index in [0.717, 1.165) is 0 Å². The number of hydrogen-bond acceptors (Lipinski definition) is 0. The van der Waals surface area contributed by atoms with E-state index in [4.69, 9.17) is 22.1 Å². The maximum atomic E-state index is 6.75. The molecule has 0 aromatic heterocycles. The minimum absolute atomic E-state index is 0. The number of nitrogens with zero attached hydrogens (tertiary/aromatic N) is 6. The van der Waals surface area contributed by atoms with Gasteiger partial charge in [-0.25, -0.2) is 0 Å². The smallest absolute Gasteiger partial charge is 0.373 e. The van der Waals surface area contributed by atoms with E-state index >= 15 is 0 Å². The van der Waals surface area contributed by atoms with Gasteiger partial charge in [0, 0.05) is 0 Å². The van der Waals surface area contributed by atoms with Crippen molar-refractivity contribution in [2.45, 2.75) is 34.6 Å². The first-order chi connectivity index (χ1) is 7.38. The molecule has 6 nitrogen and oxygen atoms in total. The molecule has 93 valence electrons. The maximum Gasteiger partial charge on any atom is 3.00 e. The Bertz CT molecular complexity index is 201. The maximum absolute atomic E-state index is 6.75. The molecule has 5 radical (unpaired) electrons. The van der Waals surface area contributed by atoms with Crippen LogP contribution >= 0.6 is 0 Å². The quantitative estimate of drug-likeness (QED) is 0.266. The van der Waals surface area contributed by atoms with Crippen LogP contribution in [0.5, 0.6) is 0 Å². The third-order valence-electron chi connectivity index (χ3n) is 2.81. The third-order valence-corrected chi connectivity index (χ3v) is 2.81. The molecule has 0 unspecified atom stereocenters. The van der Waals surface area contributed by atoms with E-state index in [0.29, 0.717) is 0 Å². The van der Waals surface area contributed by atoms with Gasteiger partial charge in [-0.05, 0) is 29.6 Å². The second-order valence-corrected chi connectivity index (χ2v) is 3.30. The van der Waals surface area contributed by atoms with Gasteiger partial charge in [0.1, 0.15) is 0 Å². The molecule has 1 rings (SSSR count). The fraction of sp³-hybridized carbons (Fsp3) is 0.500. The molecule has 0 spiro atoms. The van der Waals surface area contributed by atoms with Crippen molar-refractivity contribution in [3.8, 4) is 0 Å². The zero-order chi connectivity index (χ0) is 13.3. The molecule has 7 heteroatoms. The van der Waals surface area contributed by atoms with Crippen LogP contribution in [0.2, 0.25) is 0 Å². The van der Waals surface area contributed by atoms with Crippen molar-refractivity contribution >= 4 is 0 Å². The molecule has 0 amide bonds. The van der Waals surface area contributed by atoms with Crippen LogP contribution in [0.1, 0.15) is 34.6 Å². The Hall–Kier alpha value is -0.757. The monoisotopic (exact) mass is 322 g/mol. The molecule has 1 aliphatic carbocycles. The van der Waals surface area contributed by atoms with Gasteiger partial charge in [0.05, 0.1) is 0 Å². The normalized spacial score (nSPS) is 17.7. The summed E-state index contributed by atoms with van der Waals surface area (Å²) >= 11 is 0. The third kappa shape index (κ3) is 7.22. The van der Waals surface area contributed by atoms with E-state index in [1.54, 1.807) is 0 Å². The molecular formula is C10H15N6Rh+. The SMILES string of the molecule is C[C]1[C](C)[C](C)[C](C)[C]1C.[N-]=[N+]=[N-].[N-]=[N+]=[N-].[Rh+3]. The van der Waals surface area contributed by atoms with E-state index in [2.05, 4.69) is 34.6 Å². The first-order valence-corrected chi connectivity index (χ1v) is 4.55. The molecule has 0 aromatic carbocycles. The van der Waals surface area contributed by atoms with Gasteiger partial charge in [-0.1, -0.05) is 34.6 Å². The van der Waals surface area contributed by atoms with Crippen LogP contribution in [0.25, 0.3) is 31.9 Å². The molecule has 0 N–H and O–H groups in total. The molecule has 17 heavy (non-hydrogen) atoms. The van der Waals surface area contributed by atoms with E-state index in [1.165, 1.54) is 39.4 Å². The summed E-state index contributed by atoms with van der Waals surface area (Å²) in [5.74, 6) is 7.34. The van der Waals surface area contributed by atoms with E-state index in [1.807, 2.05) is 0 Å². The Balaban J connectivity index is -0.000000240. The summed E-state index contributed by atoms with van der Waals surface area (Å²) in [5, 5.41) is 0. The Morgan fingerprint density at radius 3 is 0.647 bits per heavy atom. The largest absolute Gasteiger partial charge is 3.00 e. The average Bonchev–Trinajstić information content (AvgIpc) is 2.39. The van der Waals surface area contributed by atoms with Crippen LogP contribution in [-0.4, -0.2) is 0 Å². The van der Waals surface area contributed by atoms with Crippen molar-refractivity contribution in [3.63, 3.8) is 0 Å². The fourth-order valence-electron chi connectivity index (χ4n) is 1.41. The predicted molar refractivity (Wildman–Crippen MR) is 64.7 cm³/mol. The minimum atomic E-state index is 0. The van der Waals surface area contributed by atoms with Gasteiger partial charge in [0.15, 0.2) is 0 Å². The molecule has 1 aliphatic rings. The van der Waals surface area contributed by atoms with Gasteiger partial charge in [-0.3, -0.25) is 9.82 Å². The molecule has 0 saturated heterocycles. The summed E-state index contributed by atoms with van der Waals surface area (Å²) in [7, 11) is 0. The van der Waals surface area contributed by atoms with Gasteiger partial charge in [0.25, 0.3) is 0 Å². The van der Waals surface area contributed by atoms with E-state index < -0.39 is 0 Å². The second-order valence-electron chi connectivity index (χ2n) is 3.30. The van der Waals surface area contributed by atoms with Crippen molar-refractivity contribution < 1.29 is 19.5 Å². The molecule has 1 saturated carbocycles. The predicted octanol–water partition coefficient (Wildman–Crippen LogP) is 4.70. The van der Waals surface area contributed by atoms with E-state index in [-0.39, 0.29) is 19.5 Å². The molecule has 0 heterocycles. The molecule has 0 aliphatic heterocycles. The van der Waals surface area contributed by atoms with E-state index in [9.17, 15) is 0 Å². The first kappa shape index (κ1) is 21.5. The Morgan fingerprint density at radius 1 is 0.529 bits per heavy atom. The zero-order valence-corrected chi connectivity index (χ0v) is 12.2. The molecule has 0 aromatic rings. The van der Waals surface area contributed by atoms with Gasteiger partial charge in [0.2, 0.25) is 0 Å². The molecule has 0 bridgehead atoms.